The van der Waals surface area contributed by atoms with Crippen molar-refractivity contribution in [3.63, 3.8) is 0 Å². The molecule has 84 valence electrons. The summed E-state index contributed by atoms with van der Waals surface area (Å²) in [6, 6.07) is 0. The molecule has 1 fully saturated rings. The van der Waals surface area contributed by atoms with Gasteiger partial charge in [-0.05, 0) is 51.6 Å². The van der Waals surface area contributed by atoms with Crippen LogP contribution in [0.1, 0.15) is 40.5 Å². The van der Waals surface area contributed by atoms with E-state index in [9.17, 15) is 0 Å². The molecule has 0 radical (unpaired) electrons. The molecule has 0 saturated carbocycles. The monoisotopic (exact) mass is 198 g/mol. The van der Waals surface area contributed by atoms with Crippen molar-refractivity contribution in [2.45, 2.75) is 46.1 Å². The maximum absolute atomic E-state index is 5.81. The summed E-state index contributed by atoms with van der Waals surface area (Å²) in [6.07, 6.45) is 2.69. The number of hydrogen-bond donors (Lipinski definition) is 1. The lowest BCUT2D eigenvalue weighted by atomic mass is 9.93. The third-order valence-corrected chi connectivity index (χ3v) is 3.77. The summed E-state index contributed by atoms with van der Waals surface area (Å²) in [5, 5.41) is 0. The van der Waals surface area contributed by atoms with E-state index in [0.29, 0.717) is 17.4 Å². The third kappa shape index (κ3) is 2.71. The van der Waals surface area contributed by atoms with Crippen molar-refractivity contribution in [3.8, 4) is 0 Å². The average molecular weight is 198 g/mol. The molecule has 1 atom stereocenters. The predicted molar refractivity (Wildman–Crippen MR) is 62.3 cm³/mol. The lowest BCUT2D eigenvalue weighted by Crippen LogP contribution is -2.43. The van der Waals surface area contributed by atoms with Crippen LogP contribution in [-0.4, -0.2) is 30.1 Å². The zero-order valence-electron chi connectivity index (χ0n) is 10.2. The Hall–Kier alpha value is -0.0800. The van der Waals surface area contributed by atoms with E-state index in [1.807, 2.05) is 0 Å². The second-order valence-corrected chi connectivity index (χ2v) is 5.60. The quantitative estimate of drug-likeness (QED) is 0.749. The van der Waals surface area contributed by atoms with Crippen LogP contribution in [0.25, 0.3) is 0 Å². The molecule has 1 unspecified atom stereocenters. The van der Waals surface area contributed by atoms with E-state index in [0.717, 1.165) is 6.54 Å². The van der Waals surface area contributed by atoms with Gasteiger partial charge < -0.3 is 5.73 Å². The molecule has 1 saturated heterocycles. The summed E-state index contributed by atoms with van der Waals surface area (Å²) in [5.74, 6) is 1.36. The van der Waals surface area contributed by atoms with E-state index in [2.05, 4.69) is 32.6 Å². The molecule has 1 aliphatic rings. The first-order valence-electron chi connectivity index (χ1n) is 5.92. The molecule has 1 heterocycles. The van der Waals surface area contributed by atoms with Gasteiger partial charge in [0.15, 0.2) is 0 Å². The predicted octanol–water partition coefficient (Wildman–Crippen LogP) is 2.09. The standard InChI is InChI=1S/C12H26N2/c1-10(2)11(8-13)9-14-7-5-6-12(14,3)4/h10-11H,5-9,13H2,1-4H3. The van der Waals surface area contributed by atoms with Gasteiger partial charge in [-0.15, -0.1) is 0 Å². The molecule has 0 spiro atoms. The molecule has 2 heteroatoms. The Kier molecular flexibility index (Phi) is 3.96. The Balaban J connectivity index is 2.50. The number of rotatable bonds is 4. The molecule has 0 bridgehead atoms. The molecule has 2 nitrogen and oxygen atoms in total. The lowest BCUT2D eigenvalue weighted by molar-refractivity contribution is 0.134. The second-order valence-electron chi connectivity index (χ2n) is 5.60. The highest BCUT2D eigenvalue weighted by Gasteiger charge is 2.33. The smallest absolute Gasteiger partial charge is 0.0153 e. The zero-order valence-corrected chi connectivity index (χ0v) is 10.2. The molecule has 0 aliphatic carbocycles. The largest absolute Gasteiger partial charge is 0.330 e. The number of nitrogens with zero attached hydrogens (tertiary/aromatic N) is 1. The van der Waals surface area contributed by atoms with Crippen LogP contribution >= 0.6 is 0 Å². The van der Waals surface area contributed by atoms with Gasteiger partial charge in [-0.25, -0.2) is 0 Å². The van der Waals surface area contributed by atoms with E-state index >= 15 is 0 Å². The van der Waals surface area contributed by atoms with Gasteiger partial charge >= 0.3 is 0 Å². The zero-order chi connectivity index (χ0) is 10.8. The molecular weight excluding hydrogens is 172 g/mol. The van der Waals surface area contributed by atoms with E-state index in [1.54, 1.807) is 0 Å². The molecule has 0 amide bonds. The molecule has 1 rings (SSSR count). The normalized spacial score (nSPS) is 24.4. The fourth-order valence-corrected chi connectivity index (χ4v) is 2.34. The second kappa shape index (κ2) is 4.63. The summed E-state index contributed by atoms with van der Waals surface area (Å²) in [5.41, 5.74) is 6.22. The molecule has 0 aromatic rings. The van der Waals surface area contributed by atoms with Gasteiger partial charge in [-0.2, -0.15) is 0 Å². The molecule has 2 N–H and O–H groups in total. The van der Waals surface area contributed by atoms with Crippen molar-refractivity contribution in [2.75, 3.05) is 19.6 Å². The maximum atomic E-state index is 5.81. The van der Waals surface area contributed by atoms with Crippen molar-refractivity contribution in [1.29, 1.82) is 0 Å². The average Bonchev–Trinajstić information content (AvgIpc) is 2.40. The Morgan fingerprint density at radius 3 is 2.36 bits per heavy atom. The van der Waals surface area contributed by atoms with Crippen LogP contribution in [0.4, 0.5) is 0 Å². The van der Waals surface area contributed by atoms with Crippen molar-refractivity contribution >= 4 is 0 Å². The Morgan fingerprint density at radius 2 is 2.00 bits per heavy atom. The number of hydrogen-bond acceptors (Lipinski definition) is 2. The van der Waals surface area contributed by atoms with Crippen LogP contribution in [0.5, 0.6) is 0 Å². The topological polar surface area (TPSA) is 29.3 Å². The van der Waals surface area contributed by atoms with Crippen LogP contribution < -0.4 is 5.73 Å². The molecule has 14 heavy (non-hydrogen) atoms. The number of nitrogens with two attached hydrogens (primary N) is 1. The summed E-state index contributed by atoms with van der Waals surface area (Å²) in [4.78, 5) is 2.62. The van der Waals surface area contributed by atoms with Crippen LogP contribution in [0.15, 0.2) is 0 Å². The highest BCUT2D eigenvalue weighted by atomic mass is 15.2. The molecule has 1 aliphatic heterocycles. The van der Waals surface area contributed by atoms with E-state index in [1.165, 1.54) is 25.9 Å². The van der Waals surface area contributed by atoms with Crippen molar-refractivity contribution in [2.24, 2.45) is 17.6 Å². The van der Waals surface area contributed by atoms with Gasteiger partial charge in [0.05, 0.1) is 0 Å². The SMILES string of the molecule is CC(C)C(CN)CN1CCCC1(C)C. The van der Waals surface area contributed by atoms with Crippen LogP contribution in [0, 0.1) is 11.8 Å². The molecule has 0 aromatic heterocycles. The first-order valence-corrected chi connectivity index (χ1v) is 5.92. The van der Waals surface area contributed by atoms with Gasteiger partial charge in [-0.1, -0.05) is 13.8 Å². The summed E-state index contributed by atoms with van der Waals surface area (Å²) in [7, 11) is 0. The number of likely N-dealkylation sites (tertiary alicyclic amines) is 1. The first kappa shape index (κ1) is 12.0. The van der Waals surface area contributed by atoms with Crippen molar-refractivity contribution in [3.05, 3.63) is 0 Å². The fraction of sp³-hybridized carbons (Fsp3) is 1.00. The van der Waals surface area contributed by atoms with Gasteiger partial charge in [0, 0.05) is 12.1 Å². The van der Waals surface area contributed by atoms with Crippen LogP contribution in [0.2, 0.25) is 0 Å². The minimum atomic E-state index is 0.405. The summed E-state index contributed by atoms with van der Waals surface area (Å²) < 4.78 is 0. The summed E-state index contributed by atoms with van der Waals surface area (Å²) >= 11 is 0. The Morgan fingerprint density at radius 1 is 1.36 bits per heavy atom. The fourth-order valence-electron chi connectivity index (χ4n) is 2.34. The van der Waals surface area contributed by atoms with Gasteiger partial charge in [-0.3, -0.25) is 4.90 Å². The summed E-state index contributed by atoms with van der Waals surface area (Å²) in [6.45, 7) is 12.5. The van der Waals surface area contributed by atoms with E-state index in [4.69, 9.17) is 5.73 Å². The maximum Gasteiger partial charge on any atom is 0.0153 e. The van der Waals surface area contributed by atoms with E-state index < -0.39 is 0 Å². The highest BCUT2D eigenvalue weighted by molar-refractivity contribution is 4.89. The minimum Gasteiger partial charge on any atom is -0.330 e. The van der Waals surface area contributed by atoms with Crippen LogP contribution in [-0.2, 0) is 0 Å². The van der Waals surface area contributed by atoms with Gasteiger partial charge in [0.1, 0.15) is 0 Å². The van der Waals surface area contributed by atoms with E-state index in [-0.39, 0.29) is 0 Å². The molecule has 0 aromatic carbocycles. The van der Waals surface area contributed by atoms with Crippen molar-refractivity contribution in [1.82, 2.24) is 4.90 Å². The molecular formula is C12H26N2. The van der Waals surface area contributed by atoms with Gasteiger partial charge in [0.2, 0.25) is 0 Å². The van der Waals surface area contributed by atoms with Crippen LogP contribution in [0.3, 0.4) is 0 Å². The third-order valence-electron chi connectivity index (χ3n) is 3.77. The minimum absolute atomic E-state index is 0.405. The van der Waals surface area contributed by atoms with Gasteiger partial charge in [0.25, 0.3) is 0 Å². The lowest BCUT2D eigenvalue weighted by Gasteiger charge is -2.35. The van der Waals surface area contributed by atoms with Crippen molar-refractivity contribution < 1.29 is 0 Å². The first-order chi connectivity index (χ1) is 6.47. The Labute approximate surface area is 88.8 Å². The Bertz CT molecular complexity index is 175. The highest BCUT2D eigenvalue weighted by Crippen LogP contribution is 2.29.